The highest BCUT2D eigenvalue weighted by Crippen LogP contribution is 2.47. The van der Waals surface area contributed by atoms with E-state index in [1.807, 2.05) is 47.4 Å². The zero-order chi connectivity index (χ0) is 34.3. The number of aromatic nitrogens is 2. The molecule has 4 aromatic rings. The number of ether oxygens (including phenoxy) is 1. The van der Waals surface area contributed by atoms with Crippen molar-refractivity contribution in [1.29, 1.82) is 0 Å². The quantitative estimate of drug-likeness (QED) is 0.290. The van der Waals surface area contributed by atoms with Crippen LogP contribution in [0.1, 0.15) is 59.5 Å². The number of amides is 2. The molecule has 3 aliphatic rings. The lowest BCUT2D eigenvalue weighted by Gasteiger charge is -2.35. The number of carbonyl (C=O) groups is 2. The molecule has 4 heterocycles. The Morgan fingerprint density at radius 3 is 2.43 bits per heavy atom. The minimum atomic E-state index is -3.99. The Morgan fingerprint density at radius 1 is 0.959 bits per heavy atom. The van der Waals surface area contributed by atoms with Crippen molar-refractivity contribution in [2.75, 3.05) is 52.3 Å². The summed E-state index contributed by atoms with van der Waals surface area (Å²) in [5.41, 5.74) is 5.83. The number of nitrogens with zero attached hydrogens (tertiary/aromatic N) is 5. The van der Waals surface area contributed by atoms with Crippen LogP contribution in [0.25, 0.3) is 28.2 Å². The van der Waals surface area contributed by atoms with Crippen molar-refractivity contribution in [2.45, 2.75) is 44.6 Å². The highest BCUT2D eigenvalue weighted by Gasteiger charge is 2.32. The lowest BCUT2D eigenvalue weighted by molar-refractivity contribution is -0.127. The predicted molar refractivity (Wildman–Crippen MR) is 191 cm³/mol. The SMILES string of the molecule is COc1ccc2c(c1)C=C(C(=O)N1CCN(c3ccccn3)CC1)Cn1c-2c(C2CCCCC2)c2ccc(C(=O)NS(=O)(=O)N(C)C)cc21. The number of benzene rings is 2. The first-order chi connectivity index (χ1) is 23.6. The average Bonchev–Trinajstić information content (AvgIpc) is 3.34. The van der Waals surface area contributed by atoms with Gasteiger partial charge in [-0.15, -0.1) is 0 Å². The molecule has 2 aliphatic heterocycles. The van der Waals surface area contributed by atoms with Gasteiger partial charge in [0.25, 0.3) is 11.8 Å². The van der Waals surface area contributed by atoms with Gasteiger partial charge in [0.1, 0.15) is 11.6 Å². The third-order valence-corrected chi connectivity index (χ3v) is 11.5. The molecule has 7 rings (SSSR count). The second-order valence-electron chi connectivity index (χ2n) is 13.2. The predicted octanol–water partition coefficient (Wildman–Crippen LogP) is 5.04. The summed E-state index contributed by atoms with van der Waals surface area (Å²) in [6.07, 6.45) is 9.38. The molecule has 2 aromatic carbocycles. The van der Waals surface area contributed by atoms with Gasteiger partial charge in [0.2, 0.25) is 0 Å². The first-order valence-corrected chi connectivity index (χ1v) is 18.3. The maximum absolute atomic E-state index is 14.4. The van der Waals surface area contributed by atoms with Gasteiger partial charge in [0, 0.05) is 74.1 Å². The van der Waals surface area contributed by atoms with Crippen LogP contribution in [0, 0.1) is 0 Å². The summed E-state index contributed by atoms with van der Waals surface area (Å²) < 4.78 is 36.0. The van der Waals surface area contributed by atoms with Gasteiger partial charge >= 0.3 is 10.2 Å². The van der Waals surface area contributed by atoms with Crippen LogP contribution in [0.2, 0.25) is 0 Å². The van der Waals surface area contributed by atoms with Gasteiger partial charge < -0.3 is 19.1 Å². The topological polar surface area (TPSA) is 117 Å². The summed E-state index contributed by atoms with van der Waals surface area (Å²) in [6.45, 7) is 2.79. The van der Waals surface area contributed by atoms with E-state index in [9.17, 15) is 18.0 Å². The molecular weight excluding hydrogens is 641 g/mol. The third-order valence-electron chi connectivity index (χ3n) is 10.1. The summed E-state index contributed by atoms with van der Waals surface area (Å²) in [6, 6.07) is 17.3. The summed E-state index contributed by atoms with van der Waals surface area (Å²) in [5, 5.41) is 1.02. The first kappa shape index (κ1) is 32.8. The molecule has 12 heteroatoms. The van der Waals surface area contributed by atoms with E-state index in [-0.39, 0.29) is 11.5 Å². The lowest BCUT2D eigenvalue weighted by Crippen LogP contribution is -2.49. The van der Waals surface area contributed by atoms with Crippen molar-refractivity contribution in [1.82, 2.24) is 23.5 Å². The maximum Gasteiger partial charge on any atom is 0.303 e. The van der Waals surface area contributed by atoms with Crippen molar-refractivity contribution in [3.8, 4) is 17.0 Å². The molecule has 1 saturated carbocycles. The van der Waals surface area contributed by atoms with Crippen molar-refractivity contribution in [2.24, 2.45) is 0 Å². The van der Waals surface area contributed by atoms with Crippen LogP contribution in [-0.4, -0.2) is 86.4 Å². The van der Waals surface area contributed by atoms with E-state index in [1.54, 1.807) is 25.4 Å². The number of anilines is 1. The summed E-state index contributed by atoms with van der Waals surface area (Å²) in [7, 11) is 0.401. The van der Waals surface area contributed by atoms with E-state index in [0.717, 1.165) is 63.5 Å². The Labute approximate surface area is 287 Å². The maximum atomic E-state index is 14.4. The monoisotopic (exact) mass is 682 g/mol. The van der Waals surface area contributed by atoms with Crippen LogP contribution in [0.5, 0.6) is 5.75 Å². The van der Waals surface area contributed by atoms with Crippen LogP contribution < -0.4 is 14.4 Å². The van der Waals surface area contributed by atoms with E-state index in [2.05, 4.69) is 25.2 Å². The largest absolute Gasteiger partial charge is 0.497 e. The number of piperazine rings is 1. The molecule has 2 amide bonds. The van der Waals surface area contributed by atoms with E-state index in [4.69, 9.17) is 4.74 Å². The molecular formula is C37H42N6O5S. The minimum Gasteiger partial charge on any atom is -0.497 e. The van der Waals surface area contributed by atoms with Gasteiger partial charge in [-0.3, -0.25) is 9.59 Å². The van der Waals surface area contributed by atoms with Crippen LogP contribution in [-0.2, 0) is 21.5 Å². The molecule has 0 unspecified atom stereocenters. The number of rotatable bonds is 7. The number of methoxy groups -OCH3 is 1. The molecule has 2 fully saturated rings. The fourth-order valence-corrected chi connectivity index (χ4v) is 8.00. The van der Waals surface area contributed by atoms with Crippen molar-refractivity contribution in [3.63, 3.8) is 0 Å². The Bertz CT molecular complexity index is 2040. The van der Waals surface area contributed by atoms with Gasteiger partial charge in [-0.1, -0.05) is 31.4 Å². The summed E-state index contributed by atoms with van der Waals surface area (Å²) in [5.74, 6) is 1.18. The van der Waals surface area contributed by atoms with Crippen LogP contribution in [0.4, 0.5) is 5.82 Å². The van der Waals surface area contributed by atoms with Crippen LogP contribution >= 0.6 is 0 Å². The highest BCUT2D eigenvalue weighted by molar-refractivity contribution is 7.87. The number of carbonyl (C=O) groups excluding carboxylic acids is 2. The Kier molecular flexibility index (Phi) is 8.93. The molecule has 1 aliphatic carbocycles. The van der Waals surface area contributed by atoms with Crippen molar-refractivity contribution in [3.05, 3.63) is 83.1 Å². The Balaban J connectivity index is 1.33. The average molecular weight is 683 g/mol. The van der Waals surface area contributed by atoms with E-state index >= 15 is 0 Å². The van der Waals surface area contributed by atoms with Gasteiger partial charge in [-0.05, 0) is 78.4 Å². The van der Waals surface area contributed by atoms with Crippen molar-refractivity contribution >= 4 is 44.8 Å². The Morgan fingerprint density at radius 2 is 1.73 bits per heavy atom. The molecule has 1 saturated heterocycles. The van der Waals surface area contributed by atoms with Gasteiger partial charge in [-0.25, -0.2) is 9.71 Å². The molecule has 0 spiro atoms. The Hall–Kier alpha value is -4.68. The van der Waals surface area contributed by atoms with Crippen LogP contribution in [0.15, 0.2) is 66.4 Å². The summed E-state index contributed by atoms with van der Waals surface area (Å²) in [4.78, 5) is 36.3. The number of nitrogens with one attached hydrogen (secondary N) is 1. The fourth-order valence-electron chi connectivity index (χ4n) is 7.46. The van der Waals surface area contributed by atoms with E-state index < -0.39 is 16.1 Å². The number of pyridine rings is 1. The second kappa shape index (κ2) is 13.3. The van der Waals surface area contributed by atoms with Gasteiger partial charge in [0.15, 0.2) is 0 Å². The fraction of sp³-hybridized carbons (Fsp3) is 0.378. The normalized spacial score (nSPS) is 16.9. The molecule has 0 radical (unpaired) electrons. The minimum absolute atomic E-state index is 0.0330. The van der Waals surface area contributed by atoms with Crippen molar-refractivity contribution < 1.29 is 22.7 Å². The van der Waals surface area contributed by atoms with E-state index in [0.29, 0.717) is 50.0 Å². The smallest absolute Gasteiger partial charge is 0.303 e. The summed E-state index contributed by atoms with van der Waals surface area (Å²) >= 11 is 0. The molecule has 11 nitrogen and oxygen atoms in total. The lowest BCUT2D eigenvalue weighted by atomic mass is 9.81. The van der Waals surface area contributed by atoms with E-state index in [1.165, 1.54) is 26.1 Å². The molecule has 0 bridgehead atoms. The zero-order valence-electron chi connectivity index (χ0n) is 28.2. The molecule has 0 atom stereocenters. The molecule has 2 aromatic heterocycles. The number of fused-ring (bicyclic) bond motifs is 5. The van der Waals surface area contributed by atoms with Gasteiger partial charge in [-0.2, -0.15) is 12.7 Å². The molecule has 49 heavy (non-hydrogen) atoms. The first-order valence-electron chi connectivity index (χ1n) is 16.9. The standard InChI is InChI=1S/C37H42N6O5S/c1-40(2)49(46,47)39-36(44)26-12-14-31-32(23-26)43-24-28(37(45)42-19-17-41(18-20-42)33-11-7-8-16-38-33)21-27-22-29(48-3)13-15-30(27)35(43)34(31)25-9-5-4-6-10-25/h7-8,11-16,21-23,25H,4-6,9-10,17-20,24H2,1-3H3,(H,39,44). The highest BCUT2D eigenvalue weighted by atomic mass is 32.2. The molecule has 1 N–H and O–H groups in total. The number of hydrogen-bond donors (Lipinski definition) is 1. The van der Waals surface area contributed by atoms with Crippen LogP contribution in [0.3, 0.4) is 0 Å². The number of hydrogen-bond acceptors (Lipinski definition) is 7. The van der Waals surface area contributed by atoms with Gasteiger partial charge in [0.05, 0.1) is 19.3 Å². The molecule has 256 valence electrons. The second-order valence-corrected chi connectivity index (χ2v) is 15.1. The third kappa shape index (κ3) is 6.30. The zero-order valence-corrected chi connectivity index (χ0v) is 29.0.